The minimum absolute atomic E-state index is 0.114. The summed E-state index contributed by atoms with van der Waals surface area (Å²) in [6.07, 6.45) is 1.63. The van der Waals surface area contributed by atoms with E-state index in [-0.39, 0.29) is 5.84 Å². The van der Waals surface area contributed by atoms with E-state index in [1.807, 2.05) is 65.8 Å². The van der Waals surface area contributed by atoms with E-state index >= 15 is 0 Å². The monoisotopic (exact) mass is 504 g/mol. The number of hydrogen-bond acceptors (Lipinski definition) is 2. The van der Waals surface area contributed by atoms with Gasteiger partial charge in [0.1, 0.15) is 0 Å². The Hall–Kier alpha value is -0.310. The highest BCUT2D eigenvalue weighted by Crippen LogP contribution is 2.13. The quantitative estimate of drug-likeness (QED) is 0.172. The van der Waals surface area contributed by atoms with Gasteiger partial charge in [0.25, 0.3) is 0 Å². The van der Waals surface area contributed by atoms with E-state index in [4.69, 9.17) is 10.9 Å². The molecule has 0 amide bonds. The van der Waals surface area contributed by atoms with Gasteiger partial charge < -0.3 is 10.9 Å². The second-order valence-corrected chi connectivity index (χ2v) is 3.22. The molecular formula is C15H26I2N2O. The van der Waals surface area contributed by atoms with Crippen LogP contribution in [0.2, 0.25) is 0 Å². The molecule has 20 heavy (non-hydrogen) atoms. The smallest absolute Gasteiger partial charge is 0.163 e. The van der Waals surface area contributed by atoms with Crippen LogP contribution in [0.1, 0.15) is 45.7 Å². The molecule has 0 atom stereocenters. The van der Waals surface area contributed by atoms with Crippen LogP contribution in [-0.4, -0.2) is 11.0 Å². The third-order valence-electron chi connectivity index (χ3n) is 1.99. The third kappa shape index (κ3) is 12.7. The lowest BCUT2D eigenvalue weighted by Crippen LogP contribution is -2.07. The molecule has 116 valence electrons. The Labute approximate surface area is 147 Å². The van der Waals surface area contributed by atoms with Gasteiger partial charge in [-0.15, -0.1) is 0 Å². The van der Waals surface area contributed by atoms with Crippen molar-refractivity contribution in [3.05, 3.63) is 41.5 Å². The number of aryl methyl sites for hydroxylation is 1. The molecule has 1 rings (SSSR count). The second kappa shape index (κ2) is 18.7. The maximum Gasteiger partial charge on any atom is 0.163 e. The van der Waals surface area contributed by atoms with E-state index in [1.165, 1.54) is 5.56 Å². The van der Waals surface area contributed by atoms with Crippen LogP contribution in [0, 0.1) is 6.92 Å². The number of amidine groups is 1. The minimum atomic E-state index is 0.114. The first-order valence-corrected chi connectivity index (χ1v) is 12.8. The van der Waals surface area contributed by atoms with Gasteiger partial charge in [0.05, 0.1) is 0 Å². The molecular weight excluding hydrogens is 478 g/mol. The van der Waals surface area contributed by atoms with Crippen molar-refractivity contribution in [3.8, 4) is 0 Å². The minimum Gasteiger partial charge on any atom is -0.409 e. The summed E-state index contributed by atoms with van der Waals surface area (Å²) < 4.78 is 0. The molecule has 0 aliphatic rings. The summed E-state index contributed by atoms with van der Waals surface area (Å²) in [4.78, 5) is 0. The van der Waals surface area contributed by atoms with E-state index < -0.39 is 0 Å². The Balaban J connectivity index is -0.000000425. The van der Waals surface area contributed by atoms with Gasteiger partial charge in [-0.2, -0.15) is 0 Å². The highest BCUT2D eigenvalue weighted by Gasteiger charge is 1.95. The number of benzene rings is 1. The van der Waals surface area contributed by atoms with Gasteiger partial charge in [-0.05, 0) is 31.1 Å². The highest BCUT2D eigenvalue weighted by atomic mass is 128. The van der Waals surface area contributed by atoms with Crippen molar-refractivity contribution < 1.29 is 5.21 Å². The lowest BCUT2D eigenvalue weighted by molar-refractivity contribution is 0.319. The first-order valence-electron chi connectivity index (χ1n) is 6.50. The van der Waals surface area contributed by atoms with Crippen LogP contribution in [0.25, 0.3) is 5.57 Å². The lowest BCUT2D eigenvalue weighted by Gasteiger charge is -2.01. The average molecular weight is 504 g/mol. The van der Waals surface area contributed by atoms with Gasteiger partial charge in [0, 0.05) is 37.2 Å². The molecule has 3 nitrogen and oxygen atoms in total. The summed E-state index contributed by atoms with van der Waals surface area (Å²) in [7, 11) is 0. The Bertz CT molecular complexity index is 374. The molecule has 0 aliphatic heterocycles. The number of nitrogens with zero attached hydrogens (tertiary/aromatic N) is 1. The number of nitrogens with two attached hydrogens (primary N) is 1. The molecule has 0 bridgehead atoms. The molecule has 5 heteroatoms. The zero-order valence-corrected chi connectivity index (χ0v) is 17.4. The fourth-order valence-electron chi connectivity index (χ4n) is 1.15. The second-order valence-electron chi connectivity index (χ2n) is 3.22. The predicted molar refractivity (Wildman–Crippen MR) is 109 cm³/mol. The first kappa shape index (κ1) is 24.7. The predicted octanol–water partition coefficient (Wildman–Crippen LogP) is 5.97. The van der Waals surface area contributed by atoms with Gasteiger partial charge >= 0.3 is 0 Å². The van der Waals surface area contributed by atoms with Crippen LogP contribution in [-0.2, 0) is 0 Å². The van der Waals surface area contributed by atoms with Crippen molar-refractivity contribution in [2.24, 2.45) is 10.9 Å². The van der Waals surface area contributed by atoms with Crippen LogP contribution in [0.3, 0.4) is 0 Å². The molecule has 0 aliphatic carbocycles. The summed E-state index contributed by atoms with van der Waals surface area (Å²) in [5, 5.41) is 11.3. The Morgan fingerprint density at radius 2 is 1.50 bits per heavy atom. The van der Waals surface area contributed by atoms with E-state index in [9.17, 15) is 0 Å². The molecule has 0 spiro atoms. The Morgan fingerprint density at radius 3 is 1.85 bits per heavy atom. The third-order valence-corrected chi connectivity index (χ3v) is 1.99. The summed E-state index contributed by atoms with van der Waals surface area (Å²) in [6, 6.07) is 8.07. The van der Waals surface area contributed by atoms with Gasteiger partial charge in [0.15, 0.2) is 5.84 Å². The van der Waals surface area contributed by atoms with Crippen molar-refractivity contribution in [1.29, 1.82) is 0 Å². The molecule has 0 fully saturated rings. The number of rotatable bonds is 2. The number of allylic oxidation sites excluding steroid dienone is 1. The molecule has 3 N–H and O–H groups in total. The summed E-state index contributed by atoms with van der Waals surface area (Å²) in [5.74, 6) is 0.114. The van der Waals surface area contributed by atoms with E-state index in [0.717, 1.165) is 11.1 Å². The molecule has 1 aromatic carbocycles. The zero-order valence-electron chi connectivity index (χ0n) is 13.1. The molecule has 0 unspecified atom stereocenters. The number of halogens is 2. The van der Waals surface area contributed by atoms with Crippen LogP contribution in [0.15, 0.2) is 35.5 Å². The molecule has 0 saturated carbocycles. The summed E-state index contributed by atoms with van der Waals surface area (Å²) in [5.41, 5.74) is 8.62. The number of hydrogen-bond donors (Lipinski definition) is 2. The molecule has 0 aromatic heterocycles. The average Bonchev–Trinajstić information content (AvgIpc) is 2.53. The van der Waals surface area contributed by atoms with Crippen LogP contribution in [0.5, 0.6) is 0 Å². The fraction of sp³-hybridized carbons (Fsp3) is 0.400. The highest BCUT2D eigenvalue weighted by molar-refractivity contribution is 15.0. The molecule has 0 radical (unpaired) electrons. The fourth-order valence-corrected chi connectivity index (χ4v) is 1.15. The number of oxime groups is 1. The summed E-state index contributed by atoms with van der Waals surface area (Å²) >= 11 is 4.24. The SMILES string of the molecule is C/C(=C\C(N)=N\O)c1ccc(C)cc1.CC.CC.II. The Kier molecular flexibility index (Phi) is 23.1. The van der Waals surface area contributed by atoms with Gasteiger partial charge in [0.2, 0.25) is 0 Å². The van der Waals surface area contributed by atoms with Crippen LogP contribution >= 0.6 is 37.2 Å². The topological polar surface area (TPSA) is 58.6 Å². The van der Waals surface area contributed by atoms with E-state index in [0.29, 0.717) is 0 Å². The standard InChI is InChI=1S/C11H14N2O.2C2H6.I2/c1-8-3-5-10(6-4-8)9(2)7-11(12)13-14;3*1-2/h3-7,14H,1-2H3,(H2,12,13);2*1-2H3;/b9-7+;;;. The maximum atomic E-state index is 8.39. The van der Waals surface area contributed by atoms with Gasteiger partial charge in [-0.1, -0.05) is 62.7 Å². The molecule has 1 aromatic rings. The van der Waals surface area contributed by atoms with Crippen molar-refractivity contribution in [1.82, 2.24) is 0 Å². The van der Waals surface area contributed by atoms with Crippen LogP contribution < -0.4 is 5.73 Å². The molecule has 0 heterocycles. The van der Waals surface area contributed by atoms with E-state index in [1.54, 1.807) is 6.08 Å². The van der Waals surface area contributed by atoms with E-state index in [2.05, 4.69) is 42.4 Å². The Morgan fingerprint density at radius 1 is 1.10 bits per heavy atom. The zero-order chi connectivity index (χ0) is 16.6. The molecule has 0 saturated heterocycles. The normalized spacial score (nSPS) is 10.0. The van der Waals surface area contributed by atoms with Gasteiger partial charge in [-0.25, -0.2) is 0 Å². The van der Waals surface area contributed by atoms with Crippen molar-refractivity contribution in [3.63, 3.8) is 0 Å². The van der Waals surface area contributed by atoms with Crippen molar-refractivity contribution in [2.45, 2.75) is 41.5 Å². The van der Waals surface area contributed by atoms with Crippen molar-refractivity contribution in [2.75, 3.05) is 0 Å². The van der Waals surface area contributed by atoms with Crippen molar-refractivity contribution >= 4 is 48.6 Å². The van der Waals surface area contributed by atoms with Gasteiger partial charge in [-0.3, -0.25) is 0 Å². The first-order chi connectivity index (χ1) is 9.63. The lowest BCUT2D eigenvalue weighted by atomic mass is 10.1. The summed E-state index contributed by atoms with van der Waals surface area (Å²) in [6.45, 7) is 12.0. The van der Waals surface area contributed by atoms with Crippen LogP contribution in [0.4, 0.5) is 0 Å². The maximum absolute atomic E-state index is 8.39. The largest absolute Gasteiger partial charge is 0.409 e.